The van der Waals surface area contributed by atoms with Gasteiger partial charge in [-0.25, -0.2) is 0 Å². The van der Waals surface area contributed by atoms with Crippen molar-refractivity contribution >= 4 is 28.8 Å². The molecule has 20 heavy (non-hydrogen) atoms. The third kappa shape index (κ3) is 4.16. The highest BCUT2D eigenvalue weighted by atomic mass is 35.5. The van der Waals surface area contributed by atoms with Gasteiger partial charge in [-0.05, 0) is 24.1 Å². The molecule has 0 aliphatic carbocycles. The Labute approximate surface area is 131 Å². The van der Waals surface area contributed by atoms with Crippen molar-refractivity contribution in [1.82, 2.24) is 9.80 Å². The predicted molar refractivity (Wildman–Crippen MR) is 89.2 cm³/mol. The lowest BCUT2D eigenvalue weighted by molar-refractivity contribution is 0.112. The first kappa shape index (κ1) is 15.7. The van der Waals surface area contributed by atoms with Gasteiger partial charge in [0.05, 0.1) is 11.0 Å². The summed E-state index contributed by atoms with van der Waals surface area (Å²) in [4.78, 5) is 5.49. The molecule has 5 heteroatoms. The molecule has 0 spiro atoms. The minimum Gasteiger partial charge on any atom is -0.392 e. The van der Waals surface area contributed by atoms with Gasteiger partial charge < -0.3 is 5.73 Å². The Hall–Kier alpha value is -0.680. The molecule has 2 N–H and O–H groups in total. The highest BCUT2D eigenvalue weighted by Gasteiger charge is 2.24. The fraction of sp³-hybridized carbons (Fsp3) is 0.533. The van der Waals surface area contributed by atoms with E-state index < -0.39 is 0 Å². The van der Waals surface area contributed by atoms with Gasteiger partial charge in [-0.3, -0.25) is 9.80 Å². The van der Waals surface area contributed by atoms with Crippen LogP contribution in [0.2, 0.25) is 5.02 Å². The Bertz CT molecular complexity index is 441. The molecule has 1 saturated heterocycles. The van der Waals surface area contributed by atoms with Crippen molar-refractivity contribution < 1.29 is 0 Å². The topological polar surface area (TPSA) is 32.5 Å². The van der Waals surface area contributed by atoms with Crippen LogP contribution in [-0.2, 0) is 6.54 Å². The van der Waals surface area contributed by atoms with Crippen molar-refractivity contribution in [3.8, 4) is 0 Å². The van der Waals surface area contributed by atoms with Crippen LogP contribution in [0.15, 0.2) is 24.3 Å². The van der Waals surface area contributed by atoms with Crippen molar-refractivity contribution in [2.75, 3.05) is 26.2 Å². The number of nitrogens with zero attached hydrogens (tertiary/aromatic N) is 2. The average molecular weight is 312 g/mol. The lowest BCUT2D eigenvalue weighted by atomic mass is 10.1. The second kappa shape index (κ2) is 7.36. The van der Waals surface area contributed by atoms with Crippen molar-refractivity contribution in [1.29, 1.82) is 0 Å². The minimum atomic E-state index is 0.252. The molecule has 1 aliphatic heterocycles. The Kier molecular flexibility index (Phi) is 5.78. The van der Waals surface area contributed by atoms with Gasteiger partial charge in [0.25, 0.3) is 0 Å². The first-order valence-corrected chi connectivity index (χ1v) is 7.89. The van der Waals surface area contributed by atoms with Crippen molar-refractivity contribution in [3.05, 3.63) is 34.9 Å². The molecule has 0 radical (unpaired) electrons. The third-order valence-corrected chi connectivity index (χ3v) is 4.41. The monoisotopic (exact) mass is 311 g/mol. The minimum absolute atomic E-state index is 0.252. The van der Waals surface area contributed by atoms with E-state index in [1.54, 1.807) is 0 Å². The van der Waals surface area contributed by atoms with Crippen LogP contribution in [0.5, 0.6) is 0 Å². The van der Waals surface area contributed by atoms with E-state index in [4.69, 9.17) is 29.6 Å². The van der Waals surface area contributed by atoms with Gasteiger partial charge in [-0.2, -0.15) is 0 Å². The van der Waals surface area contributed by atoms with E-state index in [0.717, 1.165) is 44.2 Å². The van der Waals surface area contributed by atoms with E-state index in [1.807, 2.05) is 12.1 Å². The van der Waals surface area contributed by atoms with Crippen LogP contribution < -0.4 is 5.73 Å². The molecular formula is C15H22ClN3S. The maximum absolute atomic E-state index is 5.91. The number of hydrogen-bond acceptors (Lipinski definition) is 3. The van der Waals surface area contributed by atoms with E-state index in [-0.39, 0.29) is 6.04 Å². The van der Waals surface area contributed by atoms with Crippen LogP contribution in [0.3, 0.4) is 0 Å². The lowest BCUT2D eigenvalue weighted by Gasteiger charge is -2.38. The molecule has 0 saturated carbocycles. The molecule has 1 aromatic carbocycles. The number of hydrogen-bond donors (Lipinski definition) is 1. The first-order chi connectivity index (χ1) is 9.60. The van der Waals surface area contributed by atoms with Gasteiger partial charge in [0.2, 0.25) is 0 Å². The second-order valence-corrected chi connectivity index (χ2v) is 6.17. The quantitative estimate of drug-likeness (QED) is 0.847. The fourth-order valence-corrected chi connectivity index (χ4v) is 3.16. The molecule has 1 atom stereocenters. The zero-order valence-electron chi connectivity index (χ0n) is 11.9. The maximum atomic E-state index is 5.91. The largest absolute Gasteiger partial charge is 0.392 e. The summed E-state index contributed by atoms with van der Waals surface area (Å²) in [5, 5.41) is 0.792. The molecule has 0 aromatic heterocycles. The number of benzene rings is 1. The Balaban J connectivity index is 1.85. The lowest BCUT2D eigenvalue weighted by Crippen LogP contribution is -2.53. The fourth-order valence-electron chi connectivity index (χ4n) is 2.72. The standard InChI is InChI=1S/C15H22ClN3S/c1-2-14(15(17)20)19-9-7-18(8-10-19)11-12-3-5-13(16)6-4-12/h3-6,14H,2,7-11H2,1H3,(H2,17,20). The van der Waals surface area contributed by atoms with Gasteiger partial charge in [0, 0.05) is 37.7 Å². The molecule has 1 aliphatic rings. The second-order valence-electron chi connectivity index (χ2n) is 5.26. The molecule has 0 bridgehead atoms. The van der Waals surface area contributed by atoms with Gasteiger partial charge in [0.1, 0.15) is 0 Å². The number of piperazine rings is 1. The van der Waals surface area contributed by atoms with E-state index in [0.29, 0.717) is 4.99 Å². The average Bonchev–Trinajstić information content (AvgIpc) is 2.44. The van der Waals surface area contributed by atoms with Gasteiger partial charge in [-0.15, -0.1) is 0 Å². The van der Waals surface area contributed by atoms with Crippen LogP contribution in [-0.4, -0.2) is 47.0 Å². The summed E-state index contributed by atoms with van der Waals surface area (Å²) in [5.74, 6) is 0. The summed E-state index contributed by atoms with van der Waals surface area (Å²) < 4.78 is 0. The summed E-state index contributed by atoms with van der Waals surface area (Å²) in [5.41, 5.74) is 7.12. The van der Waals surface area contributed by atoms with Gasteiger partial charge in [0.15, 0.2) is 0 Å². The molecule has 0 amide bonds. The predicted octanol–water partition coefficient (Wildman–Crippen LogP) is 2.52. The summed E-state index contributed by atoms with van der Waals surface area (Å²) in [6.07, 6.45) is 0.993. The Morgan fingerprint density at radius 1 is 1.25 bits per heavy atom. The number of halogens is 1. The SMILES string of the molecule is CCC(C(N)=S)N1CCN(Cc2ccc(Cl)cc2)CC1. The van der Waals surface area contributed by atoms with Crippen molar-refractivity contribution in [2.45, 2.75) is 25.9 Å². The first-order valence-electron chi connectivity index (χ1n) is 7.10. The zero-order valence-corrected chi connectivity index (χ0v) is 13.5. The van der Waals surface area contributed by atoms with Crippen molar-refractivity contribution in [2.24, 2.45) is 5.73 Å². The summed E-state index contributed by atoms with van der Waals surface area (Å²) >= 11 is 11.1. The van der Waals surface area contributed by atoms with Crippen LogP contribution in [0.4, 0.5) is 0 Å². The van der Waals surface area contributed by atoms with Crippen LogP contribution in [0.1, 0.15) is 18.9 Å². The van der Waals surface area contributed by atoms with Crippen LogP contribution in [0.25, 0.3) is 0 Å². The molecule has 1 heterocycles. The molecule has 1 fully saturated rings. The van der Waals surface area contributed by atoms with Gasteiger partial charge >= 0.3 is 0 Å². The summed E-state index contributed by atoms with van der Waals surface area (Å²) in [7, 11) is 0. The summed E-state index contributed by atoms with van der Waals surface area (Å²) in [6.45, 7) is 7.30. The van der Waals surface area contributed by atoms with E-state index in [1.165, 1.54) is 5.56 Å². The molecular weight excluding hydrogens is 290 g/mol. The molecule has 1 aromatic rings. The highest BCUT2D eigenvalue weighted by molar-refractivity contribution is 7.80. The Morgan fingerprint density at radius 2 is 1.85 bits per heavy atom. The van der Waals surface area contributed by atoms with E-state index in [9.17, 15) is 0 Å². The van der Waals surface area contributed by atoms with Crippen LogP contribution >= 0.6 is 23.8 Å². The van der Waals surface area contributed by atoms with Crippen molar-refractivity contribution in [3.63, 3.8) is 0 Å². The number of rotatable bonds is 5. The Morgan fingerprint density at radius 3 is 2.35 bits per heavy atom. The third-order valence-electron chi connectivity index (χ3n) is 3.88. The normalized spacial score (nSPS) is 18.9. The molecule has 2 rings (SSSR count). The number of thiocarbonyl (C=S) groups is 1. The van der Waals surface area contributed by atoms with E-state index >= 15 is 0 Å². The van der Waals surface area contributed by atoms with Crippen LogP contribution in [0, 0.1) is 0 Å². The molecule has 1 unspecified atom stereocenters. The maximum Gasteiger partial charge on any atom is 0.0901 e. The summed E-state index contributed by atoms with van der Waals surface area (Å²) in [6, 6.07) is 8.35. The molecule has 110 valence electrons. The molecule has 3 nitrogen and oxygen atoms in total. The zero-order chi connectivity index (χ0) is 14.5. The number of nitrogens with two attached hydrogens (primary N) is 1. The van der Waals surface area contributed by atoms with Gasteiger partial charge in [-0.1, -0.05) is 42.9 Å². The van der Waals surface area contributed by atoms with E-state index in [2.05, 4.69) is 28.9 Å². The smallest absolute Gasteiger partial charge is 0.0901 e. The highest BCUT2D eigenvalue weighted by Crippen LogP contribution is 2.14.